The molecule has 0 fully saturated rings. The van der Waals surface area contributed by atoms with Crippen molar-refractivity contribution in [3.63, 3.8) is 0 Å². The molecule has 0 saturated carbocycles. The zero-order valence-corrected chi connectivity index (χ0v) is 17.2. The van der Waals surface area contributed by atoms with Crippen molar-refractivity contribution in [1.82, 2.24) is 5.32 Å². The minimum Gasteiger partial charge on any atom is -0.497 e. The highest BCUT2D eigenvalue weighted by Crippen LogP contribution is 2.29. The number of hydrogen-bond acceptors (Lipinski definition) is 4. The van der Waals surface area contributed by atoms with E-state index in [0.29, 0.717) is 10.1 Å². The van der Waals surface area contributed by atoms with Gasteiger partial charge in [-0.3, -0.25) is 9.10 Å². The third-order valence-corrected chi connectivity index (χ3v) is 6.12. The van der Waals surface area contributed by atoms with Crippen LogP contribution in [0.5, 0.6) is 5.75 Å². The summed E-state index contributed by atoms with van der Waals surface area (Å²) < 4.78 is 68.9. The summed E-state index contributed by atoms with van der Waals surface area (Å²) in [6.07, 6.45) is -4.64. The number of sulfonamides is 1. The summed E-state index contributed by atoms with van der Waals surface area (Å²) >= 11 is 11.7. The van der Waals surface area contributed by atoms with Crippen molar-refractivity contribution in [1.29, 1.82) is 0 Å². The van der Waals surface area contributed by atoms with Gasteiger partial charge in [-0.25, -0.2) is 8.42 Å². The number of benzene rings is 2. The molecule has 158 valence electrons. The first-order valence-corrected chi connectivity index (χ1v) is 10.1. The van der Waals surface area contributed by atoms with Crippen LogP contribution in [0.15, 0.2) is 47.4 Å². The molecule has 0 spiro atoms. The summed E-state index contributed by atoms with van der Waals surface area (Å²) in [5, 5.41) is 1.72. The summed E-state index contributed by atoms with van der Waals surface area (Å²) in [7, 11) is -2.95. The van der Waals surface area contributed by atoms with Crippen LogP contribution in [0.1, 0.15) is 0 Å². The molecular formula is C17H15Cl2F3N2O4S. The van der Waals surface area contributed by atoms with Crippen molar-refractivity contribution in [3.05, 3.63) is 52.5 Å². The molecule has 2 rings (SSSR count). The van der Waals surface area contributed by atoms with E-state index in [4.69, 9.17) is 27.9 Å². The third kappa shape index (κ3) is 6.15. The monoisotopic (exact) mass is 470 g/mol. The van der Waals surface area contributed by atoms with Crippen LogP contribution in [-0.4, -0.2) is 40.7 Å². The molecule has 29 heavy (non-hydrogen) atoms. The maximum Gasteiger partial charge on any atom is 0.405 e. The van der Waals surface area contributed by atoms with Gasteiger partial charge < -0.3 is 10.1 Å². The van der Waals surface area contributed by atoms with Crippen molar-refractivity contribution in [2.75, 3.05) is 24.5 Å². The van der Waals surface area contributed by atoms with Crippen LogP contribution in [-0.2, 0) is 14.8 Å². The van der Waals surface area contributed by atoms with E-state index in [1.165, 1.54) is 43.5 Å². The molecule has 0 atom stereocenters. The van der Waals surface area contributed by atoms with Gasteiger partial charge in [0.2, 0.25) is 5.91 Å². The van der Waals surface area contributed by atoms with E-state index >= 15 is 0 Å². The van der Waals surface area contributed by atoms with Crippen molar-refractivity contribution in [2.45, 2.75) is 11.1 Å². The van der Waals surface area contributed by atoms with E-state index in [9.17, 15) is 26.4 Å². The van der Waals surface area contributed by atoms with E-state index in [1.54, 1.807) is 5.32 Å². The zero-order valence-electron chi connectivity index (χ0n) is 14.8. The second-order valence-corrected chi connectivity index (χ2v) is 8.35. The maximum atomic E-state index is 13.1. The maximum absolute atomic E-state index is 13.1. The number of methoxy groups -OCH3 is 1. The number of anilines is 1. The summed E-state index contributed by atoms with van der Waals surface area (Å²) in [6, 6.07) is 9.11. The molecule has 12 heteroatoms. The van der Waals surface area contributed by atoms with Gasteiger partial charge in [0.1, 0.15) is 18.8 Å². The molecule has 2 aromatic carbocycles. The van der Waals surface area contributed by atoms with Gasteiger partial charge in [0.15, 0.2) is 0 Å². The first kappa shape index (κ1) is 23.1. The lowest BCUT2D eigenvalue weighted by molar-refractivity contribution is -0.137. The molecule has 0 bridgehead atoms. The highest BCUT2D eigenvalue weighted by molar-refractivity contribution is 7.92. The molecule has 1 amide bonds. The predicted molar refractivity (Wildman–Crippen MR) is 103 cm³/mol. The summed E-state index contributed by atoms with van der Waals surface area (Å²) in [5.41, 5.74) is 0.0408. The smallest absolute Gasteiger partial charge is 0.405 e. The number of amides is 1. The lowest BCUT2D eigenvalue weighted by atomic mass is 10.3. The van der Waals surface area contributed by atoms with Crippen LogP contribution >= 0.6 is 23.2 Å². The number of carbonyl (C=O) groups excluding carboxylic acids is 1. The van der Waals surface area contributed by atoms with Gasteiger partial charge >= 0.3 is 6.18 Å². The highest BCUT2D eigenvalue weighted by atomic mass is 35.5. The molecule has 2 aromatic rings. The number of carbonyl (C=O) groups is 1. The van der Waals surface area contributed by atoms with Crippen molar-refractivity contribution >= 4 is 44.8 Å². The number of hydrogen-bond donors (Lipinski definition) is 1. The Morgan fingerprint density at radius 3 is 2.24 bits per heavy atom. The second-order valence-electron chi connectivity index (χ2n) is 5.68. The van der Waals surface area contributed by atoms with Gasteiger partial charge in [-0.1, -0.05) is 23.2 Å². The normalized spacial score (nSPS) is 11.8. The molecule has 6 nitrogen and oxygen atoms in total. The fourth-order valence-electron chi connectivity index (χ4n) is 2.21. The van der Waals surface area contributed by atoms with Gasteiger partial charge in [-0.2, -0.15) is 13.2 Å². The number of rotatable bonds is 7. The first-order chi connectivity index (χ1) is 13.4. The van der Waals surface area contributed by atoms with E-state index < -0.39 is 35.2 Å². The highest BCUT2D eigenvalue weighted by Gasteiger charge is 2.31. The number of nitrogens with zero attached hydrogens (tertiary/aromatic N) is 1. The summed E-state index contributed by atoms with van der Waals surface area (Å²) in [5.74, 6) is -0.719. The Morgan fingerprint density at radius 2 is 1.72 bits per heavy atom. The lowest BCUT2D eigenvalue weighted by Gasteiger charge is -2.24. The number of nitrogens with one attached hydrogen (secondary N) is 1. The molecule has 0 unspecified atom stereocenters. The first-order valence-electron chi connectivity index (χ1n) is 7.89. The van der Waals surface area contributed by atoms with Gasteiger partial charge in [0.25, 0.3) is 10.0 Å². The van der Waals surface area contributed by atoms with Gasteiger partial charge in [-0.15, -0.1) is 0 Å². The minimum absolute atomic E-state index is 0.0380. The van der Waals surface area contributed by atoms with Crippen LogP contribution in [0.3, 0.4) is 0 Å². The fourth-order valence-corrected chi connectivity index (χ4v) is 4.02. The van der Waals surface area contributed by atoms with Crippen LogP contribution in [0.2, 0.25) is 10.0 Å². The molecule has 0 aromatic heterocycles. The Hall–Kier alpha value is -2.17. The van der Waals surface area contributed by atoms with E-state index in [2.05, 4.69) is 0 Å². The predicted octanol–water partition coefficient (Wildman–Crippen LogP) is 3.88. The fraction of sp³-hybridized carbons (Fsp3) is 0.235. The standard InChI is InChI=1S/C17H15Cl2F3N2O4S/c1-28-12-4-2-11(3-5-12)24(9-16(25)23-10-17(20,21)22)29(26,27)13-6-7-14(18)15(19)8-13/h2-8H,9-10H2,1H3,(H,23,25). The summed E-state index contributed by atoms with van der Waals surface area (Å²) in [6.45, 7) is -2.47. The molecule has 0 heterocycles. The number of halogens is 5. The molecule has 0 radical (unpaired) electrons. The molecule has 0 aliphatic heterocycles. The Morgan fingerprint density at radius 1 is 1.10 bits per heavy atom. The second kappa shape index (κ2) is 9.10. The van der Waals surface area contributed by atoms with Crippen LogP contribution < -0.4 is 14.4 Å². The van der Waals surface area contributed by atoms with Gasteiger partial charge in [0, 0.05) is 0 Å². The lowest BCUT2D eigenvalue weighted by Crippen LogP contribution is -2.43. The average Bonchev–Trinajstić information content (AvgIpc) is 2.66. The van der Waals surface area contributed by atoms with E-state index in [0.717, 1.165) is 6.07 Å². The largest absolute Gasteiger partial charge is 0.497 e. The Bertz CT molecular complexity index is 983. The summed E-state index contributed by atoms with van der Waals surface area (Å²) in [4.78, 5) is 11.7. The topological polar surface area (TPSA) is 75.7 Å². The van der Waals surface area contributed by atoms with Crippen LogP contribution in [0.25, 0.3) is 0 Å². The molecule has 0 aliphatic carbocycles. The molecule has 1 N–H and O–H groups in total. The van der Waals surface area contributed by atoms with E-state index in [1.807, 2.05) is 0 Å². The van der Waals surface area contributed by atoms with Gasteiger partial charge in [-0.05, 0) is 42.5 Å². The minimum atomic E-state index is -4.64. The number of alkyl halides is 3. The quantitative estimate of drug-likeness (QED) is 0.666. The average molecular weight is 471 g/mol. The molecular weight excluding hydrogens is 456 g/mol. The zero-order chi connectivity index (χ0) is 21.8. The van der Waals surface area contributed by atoms with E-state index in [-0.39, 0.29) is 20.6 Å². The molecule has 0 saturated heterocycles. The van der Waals surface area contributed by atoms with Crippen LogP contribution in [0.4, 0.5) is 18.9 Å². The van der Waals surface area contributed by atoms with Crippen molar-refractivity contribution < 1.29 is 31.1 Å². The SMILES string of the molecule is COc1ccc(N(CC(=O)NCC(F)(F)F)S(=O)(=O)c2ccc(Cl)c(Cl)c2)cc1. The van der Waals surface area contributed by atoms with Crippen molar-refractivity contribution in [3.8, 4) is 5.75 Å². The third-order valence-electron chi connectivity index (χ3n) is 3.61. The van der Waals surface area contributed by atoms with Gasteiger partial charge in [0.05, 0.1) is 27.7 Å². The van der Waals surface area contributed by atoms with Crippen LogP contribution in [0, 0.1) is 0 Å². The Kier molecular flexibility index (Phi) is 7.25. The Balaban J connectivity index is 2.42. The van der Waals surface area contributed by atoms with Crippen molar-refractivity contribution in [2.24, 2.45) is 0 Å². The molecule has 0 aliphatic rings. The Labute approximate surface area is 175 Å². The number of ether oxygens (including phenoxy) is 1.